The Morgan fingerprint density at radius 3 is 2.50 bits per heavy atom. The summed E-state index contributed by atoms with van der Waals surface area (Å²) in [4.78, 5) is 0. The monoisotopic (exact) mass is 223 g/mol. The Morgan fingerprint density at radius 1 is 1.25 bits per heavy atom. The number of allylic oxidation sites excluding steroid dienone is 3. The summed E-state index contributed by atoms with van der Waals surface area (Å²) in [5.41, 5.74) is 0.967. The van der Waals surface area contributed by atoms with Crippen LogP contribution in [0.3, 0.4) is 0 Å². The minimum absolute atomic E-state index is 0.0644. The first-order chi connectivity index (χ1) is 7.60. The van der Waals surface area contributed by atoms with Crippen LogP contribution in [0.15, 0.2) is 23.8 Å². The molecule has 0 N–H and O–H groups in total. The minimum Gasteiger partial charge on any atom is -0.232 e. The average Bonchev–Trinajstić information content (AvgIpc) is 2.24. The van der Waals surface area contributed by atoms with Crippen molar-refractivity contribution >= 4 is 0 Å². The maximum absolute atomic E-state index is 10.6. The lowest BCUT2D eigenvalue weighted by molar-refractivity contribution is 0.222. The first-order valence-corrected chi connectivity index (χ1v) is 6.52. The molecule has 1 radical (unpaired) electrons. The highest BCUT2D eigenvalue weighted by atomic mass is 16.3. The van der Waals surface area contributed by atoms with Crippen LogP contribution in [0.25, 0.3) is 0 Å². The van der Waals surface area contributed by atoms with Gasteiger partial charge in [-0.25, -0.2) is 5.11 Å². The third-order valence-electron chi connectivity index (χ3n) is 2.73. The van der Waals surface area contributed by atoms with Gasteiger partial charge in [0.1, 0.15) is 6.61 Å². The SMILES string of the molecule is CCCC/C=C/C(C)CC(C)/C=C(\C)C[O]. The van der Waals surface area contributed by atoms with E-state index in [0.717, 1.165) is 12.0 Å². The molecule has 16 heavy (non-hydrogen) atoms. The highest BCUT2D eigenvalue weighted by Gasteiger charge is 2.04. The fraction of sp³-hybridized carbons (Fsp3) is 0.733. The van der Waals surface area contributed by atoms with Gasteiger partial charge >= 0.3 is 0 Å². The maximum Gasteiger partial charge on any atom is 0.103 e. The molecule has 1 heteroatoms. The van der Waals surface area contributed by atoms with E-state index < -0.39 is 0 Å². The molecule has 93 valence electrons. The Labute approximate surface area is 101 Å². The van der Waals surface area contributed by atoms with E-state index in [2.05, 4.69) is 39.0 Å². The average molecular weight is 223 g/mol. The Kier molecular flexibility index (Phi) is 9.31. The van der Waals surface area contributed by atoms with E-state index in [1.807, 2.05) is 6.92 Å². The van der Waals surface area contributed by atoms with Crippen LogP contribution in [0.5, 0.6) is 0 Å². The molecule has 0 saturated heterocycles. The molecule has 0 amide bonds. The van der Waals surface area contributed by atoms with E-state index in [9.17, 15) is 5.11 Å². The summed E-state index contributed by atoms with van der Waals surface area (Å²) in [6.07, 6.45) is 11.6. The summed E-state index contributed by atoms with van der Waals surface area (Å²) in [7, 11) is 0. The normalized spacial score (nSPS) is 16.7. The molecule has 0 spiro atoms. The van der Waals surface area contributed by atoms with Gasteiger partial charge in [0.15, 0.2) is 0 Å². The molecule has 0 aromatic rings. The van der Waals surface area contributed by atoms with Crippen molar-refractivity contribution in [1.82, 2.24) is 0 Å². The first kappa shape index (κ1) is 15.4. The summed E-state index contributed by atoms with van der Waals surface area (Å²) >= 11 is 0. The Bertz CT molecular complexity index is 215. The lowest BCUT2D eigenvalue weighted by Crippen LogP contribution is -1.99. The van der Waals surface area contributed by atoms with Crippen LogP contribution in [0.2, 0.25) is 0 Å². The van der Waals surface area contributed by atoms with Crippen LogP contribution < -0.4 is 0 Å². The Morgan fingerprint density at radius 2 is 1.94 bits per heavy atom. The highest BCUT2D eigenvalue weighted by Crippen LogP contribution is 2.16. The fourth-order valence-corrected chi connectivity index (χ4v) is 1.92. The Balaban J connectivity index is 3.86. The van der Waals surface area contributed by atoms with Crippen molar-refractivity contribution in [3.05, 3.63) is 23.8 Å². The van der Waals surface area contributed by atoms with E-state index in [4.69, 9.17) is 0 Å². The summed E-state index contributed by atoms with van der Waals surface area (Å²) in [5, 5.41) is 10.6. The van der Waals surface area contributed by atoms with Gasteiger partial charge in [-0.15, -0.1) is 0 Å². The van der Waals surface area contributed by atoms with Crippen molar-refractivity contribution in [1.29, 1.82) is 0 Å². The van der Waals surface area contributed by atoms with Gasteiger partial charge in [0.05, 0.1) is 0 Å². The second-order valence-electron chi connectivity index (χ2n) is 4.92. The van der Waals surface area contributed by atoms with Gasteiger partial charge in [-0.1, -0.05) is 51.8 Å². The second kappa shape index (κ2) is 9.65. The van der Waals surface area contributed by atoms with Crippen LogP contribution in [-0.2, 0) is 5.11 Å². The summed E-state index contributed by atoms with van der Waals surface area (Å²) in [6, 6.07) is 0. The van der Waals surface area contributed by atoms with E-state index in [1.165, 1.54) is 19.3 Å². The standard InChI is InChI=1S/C15H27O/c1-5-6-7-8-9-13(2)10-14(3)11-15(4)12-16/h8-9,11,13-14H,5-7,10,12H2,1-4H3/b9-8+,15-11+. The molecule has 0 fully saturated rings. The zero-order valence-corrected chi connectivity index (χ0v) is 11.3. The van der Waals surface area contributed by atoms with Crippen LogP contribution in [-0.4, -0.2) is 6.61 Å². The Hall–Kier alpha value is -0.560. The summed E-state index contributed by atoms with van der Waals surface area (Å²) < 4.78 is 0. The van der Waals surface area contributed by atoms with Gasteiger partial charge in [0.25, 0.3) is 0 Å². The van der Waals surface area contributed by atoms with Crippen LogP contribution in [0, 0.1) is 11.8 Å². The summed E-state index contributed by atoms with van der Waals surface area (Å²) in [5.74, 6) is 1.13. The zero-order chi connectivity index (χ0) is 12.4. The lowest BCUT2D eigenvalue weighted by atomic mass is 9.95. The molecular formula is C15H27O. The van der Waals surface area contributed by atoms with Crippen molar-refractivity contribution in [2.75, 3.05) is 6.61 Å². The van der Waals surface area contributed by atoms with E-state index in [-0.39, 0.29) is 6.61 Å². The molecule has 0 heterocycles. The van der Waals surface area contributed by atoms with E-state index in [1.54, 1.807) is 0 Å². The van der Waals surface area contributed by atoms with Gasteiger partial charge in [-0.05, 0) is 37.2 Å². The predicted octanol–water partition coefficient (Wildman–Crippen LogP) is 4.77. The second-order valence-corrected chi connectivity index (χ2v) is 4.92. The topological polar surface area (TPSA) is 19.9 Å². The maximum atomic E-state index is 10.6. The molecule has 2 atom stereocenters. The molecule has 0 rings (SSSR count). The van der Waals surface area contributed by atoms with Crippen molar-refractivity contribution in [3.8, 4) is 0 Å². The van der Waals surface area contributed by atoms with Crippen molar-refractivity contribution in [2.45, 2.75) is 53.4 Å². The smallest absolute Gasteiger partial charge is 0.103 e. The molecule has 0 aromatic heterocycles. The van der Waals surface area contributed by atoms with Crippen molar-refractivity contribution in [3.63, 3.8) is 0 Å². The molecule has 0 aromatic carbocycles. The number of hydrogen-bond donors (Lipinski definition) is 0. The van der Waals surface area contributed by atoms with Crippen LogP contribution in [0.4, 0.5) is 0 Å². The van der Waals surface area contributed by atoms with Gasteiger partial charge in [0.2, 0.25) is 0 Å². The zero-order valence-electron chi connectivity index (χ0n) is 11.3. The third-order valence-corrected chi connectivity index (χ3v) is 2.73. The van der Waals surface area contributed by atoms with Gasteiger partial charge < -0.3 is 0 Å². The third kappa shape index (κ3) is 8.72. The van der Waals surface area contributed by atoms with Crippen LogP contribution >= 0.6 is 0 Å². The molecule has 0 aliphatic heterocycles. The molecule has 0 aliphatic carbocycles. The highest BCUT2D eigenvalue weighted by molar-refractivity contribution is 5.01. The molecular weight excluding hydrogens is 196 g/mol. The minimum atomic E-state index is -0.0644. The van der Waals surface area contributed by atoms with Gasteiger partial charge in [-0.3, -0.25) is 0 Å². The summed E-state index contributed by atoms with van der Waals surface area (Å²) in [6.45, 7) is 8.51. The number of rotatable bonds is 8. The molecule has 2 unspecified atom stereocenters. The molecule has 0 bridgehead atoms. The van der Waals surface area contributed by atoms with Crippen molar-refractivity contribution in [2.24, 2.45) is 11.8 Å². The van der Waals surface area contributed by atoms with Crippen molar-refractivity contribution < 1.29 is 5.11 Å². The molecule has 0 aliphatic rings. The van der Waals surface area contributed by atoms with Gasteiger partial charge in [0, 0.05) is 0 Å². The molecule has 0 saturated carbocycles. The number of hydrogen-bond acceptors (Lipinski definition) is 0. The fourth-order valence-electron chi connectivity index (χ4n) is 1.92. The van der Waals surface area contributed by atoms with Gasteiger partial charge in [-0.2, -0.15) is 0 Å². The molecule has 1 nitrogen and oxygen atoms in total. The first-order valence-electron chi connectivity index (χ1n) is 6.52. The van der Waals surface area contributed by atoms with E-state index in [0.29, 0.717) is 11.8 Å². The number of unbranched alkanes of at least 4 members (excludes halogenated alkanes) is 2. The van der Waals surface area contributed by atoms with E-state index >= 15 is 0 Å². The predicted molar refractivity (Wildman–Crippen MR) is 70.9 cm³/mol. The van der Waals surface area contributed by atoms with Crippen LogP contribution in [0.1, 0.15) is 53.4 Å². The quantitative estimate of drug-likeness (QED) is 0.417. The lowest BCUT2D eigenvalue weighted by Gasteiger charge is -2.11. The largest absolute Gasteiger partial charge is 0.232 e.